The zero-order chi connectivity index (χ0) is 13.1. The maximum atomic E-state index is 5.22. The molecule has 0 aromatic heterocycles. The lowest BCUT2D eigenvalue weighted by Crippen LogP contribution is -3.11. The Labute approximate surface area is 126 Å². The van der Waals surface area contributed by atoms with Gasteiger partial charge in [0.2, 0.25) is 0 Å². The van der Waals surface area contributed by atoms with Gasteiger partial charge in [-0.1, -0.05) is 38.5 Å². The lowest BCUT2D eigenvalue weighted by molar-refractivity contribution is -0.896. The molecule has 0 spiro atoms. The SMILES string of the molecule is CC[NH+](CC)CCCCCCCCCCC1CO1.[Cl-]. The molecule has 1 fully saturated rings. The van der Waals surface area contributed by atoms with Crippen LogP contribution in [0.15, 0.2) is 0 Å². The first-order valence-corrected chi connectivity index (χ1v) is 8.32. The van der Waals surface area contributed by atoms with E-state index in [1.54, 1.807) is 4.90 Å². The van der Waals surface area contributed by atoms with E-state index >= 15 is 0 Å². The number of nitrogens with one attached hydrogen (secondary N) is 1. The van der Waals surface area contributed by atoms with Crippen molar-refractivity contribution in [3.63, 3.8) is 0 Å². The van der Waals surface area contributed by atoms with E-state index in [2.05, 4.69) is 13.8 Å². The van der Waals surface area contributed by atoms with Crippen LogP contribution < -0.4 is 17.3 Å². The van der Waals surface area contributed by atoms with Crippen LogP contribution in [0, 0.1) is 0 Å². The Kier molecular flexibility index (Phi) is 13.4. The van der Waals surface area contributed by atoms with Crippen molar-refractivity contribution in [2.45, 2.75) is 77.7 Å². The van der Waals surface area contributed by atoms with Crippen molar-refractivity contribution in [2.24, 2.45) is 0 Å². The van der Waals surface area contributed by atoms with Gasteiger partial charge in [-0.3, -0.25) is 0 Å². The smallest absolute Gasteiger partial charge is 0.0810 e. The maximum absolute atomic E-state index is 5.22. The molecule has 1 unspecified atom stereocenters. The summed E-state index contributed by atoms with van der Waals surface area (Å²) in [5, 5.41) is 0. The molecule has 0 aliphatic carbocycles. The lowest BCUT2D eigenvalue weighted by atomic mass is 10.1. The van der Waals surface area contributed by atoms with Gasteiger partial charge in [-0.2, -0.15) is 0 Å². The van der Waals surface area contributed by atoms with Crippen LogP contribution in [0.1, 0.15) is 71.6 Å². The molecule has 0 saturated carbocycles. The summed E-state index contributed by atoms with van der Waals surface area (Å²) in [6.07, 6.45) is 13.4. The Morgan fingerprint density at radius 2 is 1.32 bits per heavy atom. The second kappa shape index (κ2) is 13.2. The molecule has 19 heavy (non-hydrogen) atoms. The summed E-state index contributed by atoms with van der Waals surface area (Å²) in [6.45, 7) is 9.60. The summed E-state index contributed by atoms with van der Waals surface area (Å²) >= 11 is 0. The summed E-state index contributed by atoms with van der Waals surface area (Å²) in [5.74, 6) is 0. The molecule has 0 aromatic carbocycles. The molecular formula is C16H34ClNO. The van der Waals surface area contributed by atoms with E-state index in [-0.39, 0.29) is 12.4 Å². The van der Waals surface area contributed by atoms with Crippen molar-refractivity contribution in [2.75, 3.05) is 26.2 Å². The molecule has 0 radical (unpaired) electrons. The van der Waals surface area contributed by atoms with Crippen molar-refractivity contribution in [3.05, 3.63) is 0 Å². The summed E-state index contributed by atoms with van der Waals surface area (Å²) < 4.78 is 5.22. The van der Waals surface area contributed by atoms with Crippen LogP contribution in [0.4, 0.5) is 0 Å². The number of epoxide rings is 1. The molecule has 1 N–H and O–H groups in total. The molecule has 1 heterocycles. The fourth-order valence-electron chi connectivity index (χ4n) is 2.65. The van der Waals surface area contributed by atoms with Crippen molar-refractivity contribution in [3.8, 4) is 0 Å². The van der Waals surface area contributed by atoms with Gasteiger partial charge in [-0.05, 0) is 33.1 Å². The Morgan fingerprint density at radius 3 is 1.79 bits per heavy atom. The van der Waals surface area contributed by atoms with Gasteiger partial charge in [0.25, 0.3) is 0 Å². The van der Waals surface area contributed by atoms with Gasteiger partial charge in [0.15, 0.2) is 0 Å². The highest BCUT2D eigenvalue weighted by Gasteiger charge is 2.20. The van der Waals surface area contributed by atoms with E-state index in [4.69, 9.17) is 4.74 Å². The minimum Gasteiger partial charge on any atom is -1.00 e. The zero-order valence-corrected chi connectivity index (χ0v) is 13.8. The van der Waals surface area contributed by atoms with Crippen LogP contribution in [0.5, 0.6) is 0 Å². The minimum atomic E-state index is 0. The second-order valence-electron chi connectivity index (χ2n) is 5.78. The third kappa shape index (κ3) is 11.7. The highest BCUT2D eigenvalue weighted by Crippen LogP contribution is 2.18. The second-order valence-corrected chi connectivity index (χ2v) is 5.78. The van der Waals surface area contributed by atoms with Gasteiger partial charge in [-0.25, -0.2) is 0 Å². The van der Waals surface area contributed by atoms with E-state index in [1.807, 2.05) is 0 Å². The number of quaternary nitrogens is 1. The highest BCUT2D eigenvalue weighted by molar-refractivity contribution is 4.68. The van der Waals surface area contributed by atoms with E-state index in [0.717, 1.165) is 6.61 Å². The Morgan fingerprint density at radius 1 is 0.842 bits per heavy atom. The van der Waals surface area contributed by atoms with Crippen molar-refractivity contribution < 1.29 is 22.0 Å². The molecule has 1 atom stereocenters. The van der Waals surface area contributed by atoms with Gasteiger partial charge in [0.1, 0.15) is 0 Å². The van der Waals surface area contributed by atoms with Crippen molar-refractivity contribution >= 4 is 0 Å². The predicted octanol–water partition coefficient (Wildman–Crippen LogP) is -0.175. The van der Waals surface area contributed by atoms with Gasteiger partial charge >= 0.3 is 0 Å². The first kappa shape index (κ1) is 19.2. The van der Waals surface area contributed by atoms with Crippen LogP contribution >= 0.6 is 0 Å². The molecule has 1 rings (SSSR count). The lowest BCUT2D eigenvalue weighted by Gasteiger charge is -2.14. The number of unbranched alkanes of at least 4 members (excludes halogenated alkanes) is 7. The van der Waals surface area contributed by atoms with Gasteiger partial charge in [0.05, 0.1) is 32.3 Å². The summed E-state index contributed by atoms with van der Waals surface area (Å²) in [4.78, 5) is 1.76. The monoisotopic (exact) mass is 291 g/mol. The Bertz CT molecular complexity index is 182. The average Bonchev–Trinajstić information content (AvgIpc) is 3.20. The molecule has 0 aromatic rings. The molecule has 0 amide bonds. The van der Waals surface area contributed by atoms with Crippen LogP contribution in [0.2, 0.25) is 0 Å². The van der Waals surface area contributed by atoms with Gasteiger partial charge in [0, 0.05) is 0 Å². The minimum absolute atomic E-state index is 0. The van der Waals surface area contributed by atoms with Crippen LogP contribution in [0.25, 0.3) is 0 Å². The Balaban J connectivity index is 0.00000324. The standard InChI is InChI=1S/C16H33NO.ClH/c1-3-17(4-2)14-12-10-8-6-5-7-9-11-13-16-15-18-16;/h16H,3-15H2,1-2H3;1H. The number of halogens is 1. The zero-order valence-electron chi connectivity index (χ0n) is 13.1. The molecule has 3 heteroatoms. The highest BCUT2D eigenvalue weighted by atomic mass is 35.5. The van der Waals surface area contributed by atoms with E-state index < -0.39 is 0 Å². The van der Waals surface area contributed by atoms with Gasteiger partial charge < -0.3 is 22.0 Å². The molecule has 1 aliphatic rings. The third-order valence-electron chi connectivity index (χ3n) is 4.21. The summed E-state index contributed by atoms with van der Waals surface area (Å²) in [5.41, 5.74) is 0. The summed E-state index contributed by atoms with van der Waals surface area (Å²) in [7, 11) is 0. The molecular weight excluding hydrogens is 258 g/mol. The number of hydrogen-bond donors (Lipinski definition) is 1. The summed E-state index contributed by atoms with van der Waals surface area (Å²) in [6, 6.07) is 0. The predicted molar refractivity (Wildman–Crippen MR) is 78.2 cm³/mol. The van der Waals surface area contributed by atoms with Gasteiger partial charge in [-0.15, -0.1) is 0 Å². The topological polar surface area (TPSA) is 17.0 Å². The fourth-order valence-corrected chi connectivity index (χ4v) is 2.65. The van der Waals surface area contributed by atoms with E-state index in [9.17, 15) is 0 Å². The largest absolute Gasteiger partial charge is 1.00 e. The maximum Gasteiger partial charge on any atom is 0.0810 e. The van der Waals surface area contributed by atoms with E-state index in [0.29, 0.717) is 6.10 Å². The van der Waals surface area contributed by atoms with E-state index in [1.165, 1.54) is 77.4 Å². The first-order chi connectivity index (χ1) is 8.86. The van der Waals surface area contributed by atoms with Crippen LogP contribution in [0.3, 0.4) is 0 Å². The Hall–Kier alpha value is 0.210. The third-order valence-corrected chi connectivity index (χ3v) is 4.21. The molecule has 0 bridgehead atoms. The van der Waals surface area contributed by atoms with Crippen LogP contribution in [-0.4, -0.2) is 32.3 Å². The normalized spacial score (nSPS) is 17.5. The fraction of sp³-hybridized carbons (Fsp3) is 1.00. The number of rotatable bonds is 13. The molecule has 1 saturated heterocycles. The average molecular weight is 292 g/mol. The molecule has 116 valence electrons. The quantitative estimate of drug-likeness (QED) is 0.368. The van der Waals surface area contributed by atoms with Crippen molar-refractivity contribution in [1.29, 1.82) is 0 Å². The first-order valence-electron chi connectivity index (χ1n) is 8.32. The molecule has 1 aliphatic heterocycles. The number of hydrogen-bond acceptors (Lipinski definition) is 1. The van der Waals surface area contributed by atoms with Crippen molar-refractivity contribution in [1.82, 2.24) is 0 Å². The molecule has 2 nitrogen and oxygen atoms in total. The van der Waals surface area contributed by atoms with Crippen LogP contribution in [-0.2, 0) is 4.74 Å². The number of ether oxygens (including phenoxy) is 1.